The number of benzene rings is 4. The maximum absolute atomic E-state index is 13.2. The number of nitrogens with zero attached hydrogens (tertiary/aromatic N) is 4. The molecule has 6 rings (SSSR count). The number of carbonyl (C=O) groups excluding carboxylic acids is 2. The zero-order valence-electron chi connectivity index (χ0n) is 31.9. The number of hydrogen-bond acceptors (Lipinski definition) is 10. The first-order valence-corrected chi connectivity index (χ1v) is 17.5. The summed E-state index contributed by atoms with van der Waals surface area (Å²) in [6, 6.07) is 26.0. The average molecular weight is 803 g/mol. The van der Waals surface area contributed by atoms with Crippen molar-refractivity contribution in [1.82, 2.24) is 9.80 Å². The van der Waals surface area contributed by atoms with Crippen LogP contribution in [0.2, 0.25) is 0 Å². The Morgan fingerprint density at radius 3 is 1.62 bits per heavy atom. The van der Waals surface area contributed by atoms with Gasteiger partial charge in [0.25, 0.3) is 11.8 Å². The first kappa shape index (κ1) is 42.4. The maximum Gasteiger partial charge on any atom is 0.387 e. The minimum absolute atomic E-state index is 0. The van der Waals surface area contributed by atoms with E-state index in [4.69, 9.17) is 20.9 Å². The number of nitrogens with two attached hydrogens (primary N) is 2. The van der Waals surface area contributed by atoms with Crippen LogP contribution in [0, 0.1) is 11.8 Å². The van der Waals surface area contributed by atoms with Gasteiger partial charge in [-0.1, -0.05) is 78.6 Å². The van der Waals surface area contributed by atoms with Crippen LogP contribution in [0.5, 0.6) is 11.5 Å². The fourth-order valence-electron chi connectivity index (χ4n) is 6.30. The highest BCUT2D eigenvalue weighted by Crippen LogP contribution is 2.41. The molecule has 4 aromatic rings. The molecule has 4 N–H and O–H groups in total. The second-order valence-corrected chi connectivity index (χ2v) is 12.7. The summed E-state index contributed by atoms with van der Waals surface area (Å²) in [6.07, 6.45) is 3.72. The lowest BCUT2D eigenvalue weighted by Crippen LogP contribution is -2.41. The van der Waals surface area contributed by atoms with E-state index in [-0.39, 0.29) is 43.3 Å². The van der Waals surface area contributed by atoms with Crippen LogP contribution in [0.3, 0.4) is 0 Å². The third-order valence-corrected chi connectivity index (χ3v) is 9.08. The first-order valence-electron chi connectivity index (χ1n) is 17.5. The van der Waals surface area contributed by atoms with Crippen LogP contribution >= 0.6 is 0 Å². The summed E-state index contributed by atoms with van der Waals surface area (Å²) in [7, 11) is 6.21. The molecule has 58 heavy (non-hydrogen) atoms. The van der Waals surface area contributed by atoms with Crippen molar-refractivity contribution < 1.29 is 47.5 Å². The summed E-state index contributed by atoms with van der Waals surface area (Å²) < 4.78 is 68.6. The molecule has 0 bridgehead atoms. The third kappa shape index (κ3) is 8.96. The van der Waals surface area contributed by atoms with Gasteiger partial charge in [-0.3, -0.25) is 19.4 Å². The van der Waals surface area contributed by atoms with Gasteiger partial charge in [-0.05, 0) is 70.3 Å². The summed E-state index contributed by atoms with van der Waals surface area (Å²) >= 11 is 0. The molecule has 0 saturated heterocycles. The van der Waals surface area contributed by atoms with Gasteiger partial charge in [-0.2, -0.15) is 17.6 Å². The Labute approximate surface area is 333 Å². The van der Waals surface area contributed by atoms with Crippen molar-refractivity contribution in [3.05, 3.63) is 137 Å². The number of amides is 2. The van der Waals surface area contributed by atoms with Gasteiger partial charge in [0.15, 0.2) is 23.0 Å². The normalized spacial score (nSPS) is 18.9. The predicted molar refractivity (Wildman–Crippen MR) is 211 cm³/mol. The Morgan fingerprint density at radius 1 is 0.707 bits per heavy atom. The van der Waals surface area contributed by atoms with Crippen LogP contribution in [0.15, 0.2) is 113 Å². The molecule has 304 valence electrons. The van der Waals surface area contributed by atoms with Crippen molar-refractivity contribution in [3.8, 4) is 23.3 Å². The number of alkyl halides is 4. The van der Waals surface area contributed by atoms with Crippen molar-refractivity contribution in [2.24, 2.45) is 21.5 Å². The molecular formula is C42H42F4N6O6. The molecule has 0 fully saturated rings. The van der Waals surface area contributed by atoms with E-state index in [1.165, 1.54) is 53.2 Å². The molecule has 0 saturated carbocycles. The Kier molecular flexibility index (Phi) is 13.5. The van der Waals surface area contributed by atoms with Crippen LogP contribution in [0.25, 0.3) is 6.08 Å². The lowest BCUT2D eigenvalue weighted by Gasteiger charge is -2.26. The summed E-state index contributed by atoms with van der Waals surface area (Å²) in [5.74, 6) is 5.22. The molecule has 12 nitrogen and oxygen atoms in total. The number of guanidine groups is 2. The van der Waals surface area contributed by atoms with Gasteiger partial charge in [-0.25, -0.2) is 9.98 Å². The van der Waals surface area contributed by atoms with Crippen molar-refractivity contribution >= 4 is 29.8 Å². The van der Waals surface area contributed by atoms with E-state index in [1.54, 1.807) is 63.7 Å². The largest absolute Gasteiger partial charge is 0.435 e. The minimum atomic E-state index is -2.94. The smallest absolute Gasteiger partial charge is 0.387 e. The Balaban J connectivity index is 0.000000256. The second-order valence-electron chi connectivity index (χ2n) is 12.7. The van der Waals surface area contributed by atoms with E-state index < -0.39 is 24.3 Å². The van der Waals surface area contributed by atoms with Crippen LogP contribution in [0.1, 0.15) is 34.8 Å². The van der Waals surface area contributed by atoms with Crippen molar-refractivity contribution in [2.45, 2.75) is 24.3 Å². The van der Waals surface area contributed by atoms with E-state index in [0.717, 1.165) is 5.56 Å². The summed E-state index contributed by atoms with van der Waals surface area (Å²) in [5, 5.41) is 0. The highest BCUT2D eigenvalue weighted by atomic mass is 19.3. The molecule has 0 aromatic heterocycles. The molecule has 2 heterocycles. The summed E-state index contributed by atoms with van der Waals surface area (Å²) in [6.45, 7) is -5.15. The number of rotatable bonds is 12. The number of carbonyl (C=O) groups is 2. The summed E-state index contributed by atoms with van der Waals surface area (Å²) in [4.78, 5) is 37.9. The number of likely N-dealkylation sites (N-methyl/N-ethyl adjacent to an activating group) is 2. The van der Waals surface area contributed by atoms with Crippen LogP contribution in [0.4, 0.5) is 17.6 Å². The fraction of sp³-hybridized carbons (Fsp3) is 0.238. The van der Waals surface area contributed by atoms with E-state index in [0.29, 0.717) is 34.4 Å². The van der Waals surface area contributed by atoms with Gasteiger partial charge in [0, 0.05) is 35.3 Å². The van der Waals surface area contributed by atoms with E-state index in [9.17, 15) is 27.2 Å². The zero-order chi connectivity index (χ0) is 42.0. The van der Waals surface area contributed by atoms with Gasteiger partial charge in [0.2, 0.25) is 0 Å². The molecule has 4 aromatic carbocycles. The topological polar surface area (TPSA) is 154 Å². The van der Waals surface area contributed by atoms with Crippen molar-refractivity contribution in [2.75, 3.05) is 41.5 Å². The lowest BCUT2D eigenvalue weighted by molar-refractivity contribution is -0.130. The number of methoxy groups -OCH3 is 2. The van der Waals surface area contributed by atoms with Crippen molar-refractivity contribution in [1.29, 1.82) is 0 Å². The van der Waals surface area contributed by atoms with Gasteiger partial charge >= 0.3 is 13.2 Å². The minimum Gasteiger partial charge on any atom is -0.435 e. The van der Waals surface area contributed by atoms with Gasteiger partial charge < -0.3 is 30.4 Å². The maximum atomic E-state index is 13.2. The molecule has 2 aliphatic heterocycles. The Hall–Kier alpha value is -6.70. The highest BCUT2D eigenvalue weighted by Gasteiger charge is 2.50. The fourth-order valence-corrected chi connectivity index (χ4v) is 6.30. The molecule has 2 atom stereocenters. The first-order chi connectivity index (χ1) is 27.8. The van der Waals surface area contributed by atoms with E-state index in [1.807, 2.05) is 30.4 Å². The van der Waals surface area contributed by atoms with Gasteiger partial charge in [0.05, 0.1) is 6.61 Å². The number of hydrogen-bond donors (Lipinski definition) is 2. The average Bonchev–Trinajstić information content (AvgIpc) is 3.58. The molecule has 0 radical (unpaired) electrons. The lowest BCUT2D eigenvalue weighted by atomic mass is 9.82. The molecule has 0 spiro atoms. The standard InChI is InChI=1S/C21H21F2N3O3.C21H19F2N3O3.H2/c2*1-26-18(27)21(25-20(26)24,15-8-10-17(11-9-15)29-19(22)23)16-7-3-5-14(13-16)6-4-12-28-2;/h3-11,13,19H,12H2,1-2H3,(H2,24,25);3,5,7-11,13,19H,12H2,1-2H3,(H2,24,25);1H/b6-4+;;. The Morgan fingerprint density at radius 2 is 1.19 bits per heavy atom. The molecule has 2 amide bonds. The van der Waals surface area contributed by atoms with Crippen molar-refractivity contribution in [3.63, 3.8) is 0 Å². The summed E-state index contributed by atoms with van der Waals surface area (Å²) in [5.41, 5.74) is 12.7. The quantitative estimate of drug-likeness (QED) is 0.140. The number of ether oxygens (including phenoxy) is 4. The van der Waals surface area contributed by atoms with E-state index in [2.05, 4.69) is 31.3 Å². The van der Waals surface area contributed by atoms with E-state index >= 15 is 0 Å². The second kappa shape index (κ2) is 18.5. The Bertz CT molecular complexity index is 2270. The van der Waals surface area contributed by atoms with Gasteiger partial charge in [0.1, 0.15) is 18.1 Å². The van der Waals surface area contributed by atoms with Gasteiger partial charge in [-0.15, -0.1) is 0 Å². The molecular weight excluding hydrogens is 760 g/mol. The zero-order valence-corrected chi connectivity index (χ0v) is 31.9. The predicted octanol–water partition coefficient (Wildman–Crippen LogP) is 5.54. The SMILES string of the molecule is COC/C=C/c1cccc(C2(c3ccc(OC(F)F)cc3)N=C(N)N(C)C2=O)c1.COCC#Cc1cccc(C2(c3ccc(OC(F)F)cc3)N=C(N)N(C)C2=O)c1.[HH]. The number of aliphatic imine (C=N–C) groups is 2. The number of halogens is 4. The molecule has 0 aliphatic carbocycles. The highest BCUT2D eigenvalue weighted by molar-refractivity contribution is 6.09. The monoisotopic (exact) mass is 802 g/mol. The van der Waals surface area contributed by atoms with Crippen LogP contribution in [-0.2, 0) is 30.1 Å². The third-order valence-electron chi connectivity index (χ3n) is 9.08. The van der Waals surface area contributed by atoms with Crippen LogP contribution in [-0.4, -0.2) is 88.3 Å². The molecule has 2 aliphatic rings. The molecule has 16 heteroatoms. The van der Waals surface area contributed by atoms with Crippen LogP contribution < -0.4 is 20.9 Å². The molecule has 2 unspecified atom stereocenters.